The van der Waals surface area contributed by atoms with Gasteiger partial charge in [-0.15, -0.1) is 5.10 Å². The number of aromatic hydroxyl groups is 1. The van der Waals surface area contributed by atoms with E-state index in [0.717, 1.165) is 46.5 Å². The van der Waals surface area contributed by atoms with Gasteiger partial charge in [0.15, 0.2) is 5.82 Å². The summed E-state index contributed by atoms with van der Waals surface area (Å²) < 4.78 is 12.3. The molecule has 0 aliphatic carbocycles. The topological polar surface area (TPSA) is 72.1 Å². The standard InChI is InChI=1S/C18H22N4O3S/c1-3-14-19-18-22(20-14)17(23)16(26-18)15(21-8-10-25-11-9-21)12-4-6-13(24-2)7-5-12/h4-7,15,23H,3,8-11H2,1-2H3/t15-/m0/s1. The van der Waals surface area contributed by atoms with Crippen molar-refractivity contribution in [3.05, 3.63) is 40.5 Å². The van der Waals surface area contributed by atoms with Gasteiger partial charge < -0.3 is 14.6 Å². The van der Waals surface area contributed by atoms with Gasteiger partial charge in [-0.25, -0.2) is 4.98 Å². The third-order valence-corrected chi connectivity index (χ3v) is 5.72. The number of rotatable bonds is 5. The molecule has 0 spiro atoms. The summed E-state index contributed by atoms with van der Waals surface area (Å²) >= 11 is 1.49. The SMILES string of the molecule is CCc1nc2sc([C@H](c3ccc(OC)cc3)N3CCOCC3)c(O)n2n1. The van der Waals surface area contributed by atoms with Gasteiger partial charge in [-0.2, -0.15) is 4.52 Å². The lowest BCUT2D eigenvalue weighted by Crippen LogP contribution is -2.39. The molecule has 0 saturated carbocycles. The van der Waals surface area contributed by atoms with Crippen molar-refractivity contribution in [3.8, 4) is 11.6 Å². The van der Waals surface area contributed by atoms with Crippen LogP contribution in [0.1, 0.15) is 29.2 Å². The summed E-state index contributed by atoms with van der Waals surface area (Å²) in [6.07, 6.45) is 0.745. The molecule has 1 saturated heterocycles. The molecule has 2 aromatic heterocycles. The molecule has 1 fully saturated rings. The highest BCUT2D eigenvalue weighted by Gasteiger charge is 2.30. The molecule has 8 heteroatoms. The summed E-state index contributed by atoms with van der Waals surface area (Å²) in [5.74, 6) is 1.73. The number of nitrogens with zero attached hydrogens (tertiary/aromatic N) is 4. The largest absolute Gasteiger partial charge is 0.497 e. The Kier molecular flexibility index (Phi) is 4.80. The Hall–Kier alpha value is -2.16. The van der Waals surface area contributed by atoms with Gasteiger partial charge in [0.1, 0.15) is 5.75 Å². The lowest BCUT2D eigenvalue weighted by Gasteiger charge is -2.34. The average molecular weight is 374 g/mol. The minimum Gasteiger partial charge on any atom is -0.497 e. The maximum atomic E-state index is 10.8. The van der Waals surface area contributed by atoms with Gasteiger partial charge in [0.2, 0.25) is 10.8 Å². The van der Waals surface area contributed by atoms with Crippen LogP contribution in [0.4, 0.5) is 0 Å². The van der Waals surface area contributed by atoms with E-state index in [4.69, 9.17) is 9.47 Å². The van der Waals surface area contributed by atoms with Crippen LogP contribution in [0.2, 0.25) is 0 Å². The van der Waals surface area contributed by atoms with E-state index < -0.39 is 0 Å². The summed E-state index contributed by atoms with van der Waals surface area (Å²) in [6.45, 7) is 5.00. The minimum atomic E-state index is -0.0663. The molecular weight excluding hydrogens is 352 g/mol. The zero-order valence-corrected chi connectivity index (χ0v) is 15.7. The zero-order chi connectivity index (χ0) is 18.1. The summed E-state index contributed by atoms with van der Waals surface area (Å²) in [5.41, 5.74) is 1.10. The molecule has 1 atom stereocenters. The number of aryl methyl sites for hydroxylation is 1. The quantitative estimate of drug-likeness (QED) is 0.740. The highest BCUT2D eigenvalue weighted by Crippen LogP contribution is 2.40. The van der Waals surface area contributed by atoms with Crippen LogP contribution in [0.3, 0.4) is 0 Å². The fourth-order valence-corrected chi connectivity index (χ4v) is 4.40. The first kappa shape index (κ1) is 17.3. The molecule has 1 aliphatic rings. The number of aromatic nitrogens is 3. The summed E-state index contributed by atoms with van der Waals surface area (Å²) in [6, 6.07) is 7.93. The lowest BCUT2D eigenvalue weighted by molar-refractivity contribution is 0.0241. The van der Waals surface area contributed by atoms with E-state index in [0.29, 0.717) is 13.2 Å². The fourth-order valence-electron chi connectivity index (χ4n) is 3.27. The molecule has 0 amide bonds. The van der Waals surface area contributed by atoms with Crippen LogP contribution in [0, 0.1) is 0 Å². The van der Waals surface area contributed by atoms with Crippen LogP contribution >= 0.6 is 11.3 Å². The number of benzene rings is 1. The Labute approximate surface area is 155 Å². The van der Waals surface area contributed by atoms with Gasteiger partial charge in [0.05, 0.1) is 31.2 Å². The van der Waals surface area contributed by atoms with Crippen molar-refractivity contribution in [1.29, 1.82) is 0 Å². The number of morpholine rings is 1. The molecule has 3 aromatic rings. The van der Waals surface area contributed by atoms with Gasteiger partial charge >= 0.3 is 0 Å². The second kappa shape index (κ2) is 7.22. The summed E-state index contributed by atoms with van der Waals surface area (Å²) in [4.78, 5) is 8.42. The van der Waals surface area contributed by atoms with E-state index in [1.165, 1.54) is 11.3 Å². The number of methoxy groups -OCH3 is 1. The number of fused-ring (bicyclic) bond motifs is 1. The first-order valence-corrected chi connectivity index (χ1v) is 9.56. The van der Waals surface area contributed by atoms with Crippen molar-refractivity contribution in [1.82, 2.24) is 19.5 Å². The van der Waals surface area contributed by atoms with Crippen molar-refractivity contribution >= 4 is 16.3 Å². The highest BCUT2D eigenvalue weighted by molar-refractivity contribution is 7.17. The Bertz CT molecular complexity index is 884. The van der Waals surface area contributed by atoms with E-state index in [-0.39, 0.29) is 11.9 Å². The van der Waals surface area contributed by atoms with E-state index in [1.54, 1.807) is 11.6 Å². The molecule has 1 aromatic carbocycles. The van der Waals surface area contributed by atoms with Crippen LogP contribution in [-0.2, 0) is 11.2 Å². The third kappa shape index (κ3) is 3.04. The average Bonchev–Trinajstić information content (AvgIpc) is 3.23. The molecule has 1 N–H and O–H groups in total. The molecule has 3 heterocycles. The van der Waals surface area contributed by atoms with Gasteiger partial charge in [-0.1, -0.05) is 30.4 Å². The van der Waals surface area contributed by atoms with E-state index >= 15 is 0 Å². The molecule has 0 bridgehead atoms. The first-order chi connectivity index (χ1) is 12.7. The summed E-state index contributed by atoms with van der Waals surface area (Å²) in [5, 5.41) is 15.3. The molecule has 0 radical (unpaired) electrons. The number of hydrogen-bond donors (Lipinski definition) is 1. The lowest BCUT2D eigenvalue weighted by atomic mass is 10.0. The molecule has 4 rings (SSSR count). The number of thiazole rings is 1. The number of ether oxygens (including phenoxy) is 2. The monoisotopic (exact) mass is 374 g/mol. The number of hydrogen-bond acceptors (Lipinski definition) is 7. The zero-order valence-electron chi connectivity index (χ0n) is 14.9. The van der Waals surface area contributed by atoms with Crippen molar-refractivity contribution in [2.45, 2.75) is 19.4 Å². The molecule has 1 aliphatic heterocycles. The van der Waals surface area contributed by atoms with Crippen LogP contribution in [0.5, 0.6) is 11.6 Å². The van der Waals surface area contributed by atoms with E-state index in [2.05, 4.69) is 15.0 Å². The maximum absolute atomic E-state index is 10.8. The first-order valence-electron chi connectivity index (χ1n) is 8.74. The Balaban J connectivity index is 1.78. The predicted molar refractivity (Wildman–Crippen MR) is 99.1 cm³/mol. The Morgan fingerprint density at radius 1 is 1.27 bits per heavy atom. The van der Waals surface area contributed by atoms with Gasteiger partial charge in [-0.05, 0) is 17.7 Å². The molecular formula is C18H22N4O3S. The molecule has 7 nitrogen and oxygen atoms in total. The third-order valence-electron chi connectivity index (χ3n) is 4.65. The Morgan fingerprint density at radius 3 is 2.62 bits per heavy atom. The van der Waals surface area contributed by atoms with Crippen LogP contribution in [-0.4, -0.2) is 58.0 Å². The van der Waals surface area contributed by atoms with Crippen molar-refractivity contribution < 1.29 is 14.6 Å². The molecule has 0 unspecified atom stereocenters. The normalized spacial score (nSPS) is 16.8. The van der Waals surface area contributed by atoms with Crippen LogP contribution in [0.15, 0.2) is 24.3 Å². The molecule has 138 valence electrons. The molecule has 26 heavy (non-hydrogen) atoms. The van der Waals surface area contributed by atoms with Crippen LogP contribution < -0.4 is 4.74 Å². The van der Waals surface area contributed by atoms with Crippen LogP contribution in [0.25, 0.3) is 4.96 Å². The smallest absolute Gasteiger partial charge is 0.230 e. The van der Waals surface area contributed by atoms with E-state index in [9.17, 15) is 5.11 Å². The second-order valence-electron chi connectivity index (χ2n) is 6.19. The van der Waals surface area contributed by atoms with Gasteiger partial charge in [0.25, 0.3) is 0 Å². The van der Waals surface area contributed by atoms with Crippen molar-refractivity contribution in [3.63, 3.8) is 0 Å². The van der Waals surface area contributed by atoms with E-state index in [1.807, 2.05) is 31.2 Å². The van der Waals surface area contributed by atoms with Crippen molar-refractivity contribution in [2.24, 2.45) is 0 Å². The summed E-state index contributed by atoms with van der Waals surface area (Å²) in [7, 11) is 1.66. The van der Waals surface area contributed by atoms with Gasteiger partial charge in [0, 0.05) is 19.5 Å². The minimum absolute atomic E-state index is 0.0663. The maximum Gasteiger partial charge on any atom is 0.230 e. The predicted octanol–water partition coefficient (Wildman–Crippen LogP) is 2.49. The van der Waals surface area contributed by atoms with Gasteiger partial charge in [-0.3, -0.25) is 4.90 Å². The highest BCUT2D eigenvalue weighted by atomic mass is 32.1. The second-order valence-corrected chi connectivity index (χ2v) is 7.20. The van der Waals surface area contributed by atoms with Crippen molar-refractivity contribution in [2.75, 3.05) is 33.4 Å². The Morgan fingerprint density at radius 2 is 2.00 bits per heavy atom. The fraction of sp³-hybridized carbons (Fsp3) is 0.444.